The first kappa shape index (κ1) is 23.4. The molecule has 0 bridgehead atoms. The number of fused-ring (bicyclic) bond motifs is 6. The van der Waals surface area contributed by atoms with Gasteiger partial charge in [0.1, 0.15) is 0 Å². The molecule has 0 spiro atoms. The maximum Gasteiger partial charge on any atom is 0.494 e. The highest BCUT2D eigenvalue weighted by Crippen LogP contribution is 2.44. The van der Waals surface area contributed by atoms with E-state index < -0.39 is 41.8 Å². The van der Waals surface area contributed by atoms with E-state index in [1.54, 1.807) is 22.6 Å². The van der Waals surface area contributed by atoms with E-state index in [2.05, 4.69) is 0 Å². The van der Waals surface area contributed by atoms with E-state index in [0.717, 1.165) is 24.3 Å². The summed E-state index contributed by atoms with van der Waals surface area (Å²) in [4.78, 5) is 0. The Morgan fingerprint density at radius 2 is 1.11 bits per heavy atom. The van der Waals surface area contributed by atoms with E-state index in [-0.39, 0.29) is 10.8 Å². The Balaban J connectivity index is 1.67. The van der Waals surface area contributed by atoms with Crippen LogP contribution in [0.25, 0.3) is 38.1 Å². The molecule has 2 aromatic heterocycles. The molecule has 3 nitrogen and oxygen atoms in total. The van der Waals surface area contributed by atoms with Crippen LogP contribution in [0.3, 0.4) is 0 Å². The molecule has 10 heteroatoms. The second kappa shape index (κ2) is 6.86. The summed E-state index contributed by atoms with van der Waals surface area (Å²) < 4.78 is 95.8. The minimum atomic E-state index is -4.67. The summed E-state index contributed by atoms with van der Waals surface area (Å²) in [6, 6.07) is 10.4. The zero-order chi connectivity index (χ0) is 26.0. The fourth-order valence-corrected chi connectivity index (χ4v) is 5.03. The molecule has 3 heterocycles. The average Bonchev–Trinajstić information content (AvgIpc) is 3.34. The lowest BCUT2D eigenvalue weighted by atomic mass is 9.78. The number of nitrogens with zero attached hydrogens (tertiary/aromatic N) is 1. The van der Waals surface area contributed by atoms with E-state index in [0.29, 0.717) is 32.8 Å². The normalized spacial score (nSPS) is 18.4. The van der Waals surface area contributed by atoms with Gasteiger partial charge in [0.15, 0.2) is 0 Å². The van der Waals surface area contributed by atoms with Gasteiger partial charge in [-0.15, -0.1) is 0 Å². The van der Waals surface area contributed by atoms with Gasteiger partial charge < -0.3 is 13.7 Å². The molecule has 0 amide bonds. The third kappa shape index (κ3) is 3.16. The standard InChI is InChI=1S/C26H20BF6NO2/c1-23(2)24(3,4)36-27(35-23)15-6-8-21-17(12-15)19-11-14(26(31,32)33)10-18-16-9-13(25(28,29)30)5-7-20(16)34(21)22(18)19/h5-12H,1-4H3. The topological polar surface area (TPSA) is 22.9 Å². The molecule has 186 valence electrons. The fourth-order valence-electron chi connectivity index (χ4n) is 5.03. The van der Waals surface area contributed by atoms with E-state index in [1.165, 1.54) is 6.07 Å². The molecule has 5 aromatic rings. The summed E-state index contributed by atoms with van der Waals surface area (Å²) in [6.07, 6.45) is -9.29. The van der Waals surface area contributed by atoms with Crippen LogP contribution in [0.5, 0.6) is 0 Å². The molecule has 1 aliphatic rings. The van der Waals surface area contributed by atoms with E-state index in [1.807, 2.05) is 27.7 Å². The summed E-state index contributed by atoms with van der Waals surface area (Å²) in [5, 5.41) is 1.08. The van der Waals surface area contributed by atoms with Crippen molar-refractivity contribution in [3.05, 3.63) is 59.7 Å². The monoisotopic (exact) mass is 503 g/mol. The Morgan fingerprint density at radius 3 is 1.64 bits per heavy atom. The smallest absolute Gasteiger partial charge is 0.399 e. The molecular weight excluding hydrogens is 483 g/mol. The van der Waals surface area contributed by atoms with Gasteiger partial charge in [-0.2, -0.15) is 26.3 Å². The number of halogens is 6. The quantitative estimate of drug-likeness (QED) is 0.179. The molecule has 1 fully saturated rings. The third-order valence-corrected chi connectivity index (χ3v) is 7.59. The largest absolute Gasteiger partial charge is 0.494 e. The van der Waals surface area contributed by atoms with Crippen LogP contribution >= 0.6 is 0 Å². The van der Waals surface area contributed by atoms with Crippen LogP contribution in [-0.4, -0.2) is 22.7 Å². The van der Waals surface area contributed by atoms with Crippen molar-refractivity contribution in [1.29, 1.82) is 0 Å². The van der Waals surface area contributed by atoms with Crippen molar-refractivity contribution in [2.24, 2.45) is 0 Å². The lowest BCUT2D eigenvalue weighted by Gasteiger charge is -2.32. The van der Waals surface area contributed by atoms with Crippen LogP contribution < -0.4 is 5.46 Å². The Bertz CT molecular complexity index is 1670. The van der Waals surface area contributed by atoms with Gasteiger partial charge in [0, 0.05) is 21.5 Å². The van der Waals surface area contributed by atoms with Gasteiger partial charge in [0.25, 0.3) is 0 Å². The fraction of sp³-hybridized carbons (Fsp3) is 0.308. The van der Waals surface area contributed by atoms with Crippen molar-refractivity contribution in [1.82, 2.24) is 4.40 Å². The van der Waals surface area contributed by atoms with Gasteiger partial charge in [-0.1, -0.05) is 12.1 Å². The van der Waals surface area contributed by atoms with Gasteiger partial charge in [0.2, 0.25) is 0 Å². The third-order valence-electron chi connectivity index (χ3n) is 7.59. The van der Waals surface area contributed by atoms with Gasteiger partial charge in [0.05, 0.1) is 38.9 Å². The molecule has 0 unspecified atom stereocenters. The van der Waals surface area contributed by atoms with E-state index in [4.69, 9.17) is 9.31 Å². The minimum absolute atomic E-state index is 0.118. The van der Waals surface area contributed by atoms with Crippen LogP contribution in [0.1, 0.15) is 38.8 Å². The second-order valence-electron chi connectivity index (χ2n) is 10.3. The molecule has 1 aliphatic heterocycles. The summed E-state index contributed by atoms with van der Waals surface area (Å²) in [7, 11) is -0.715. The van der Waals surface area contributed by atoms with Crippen LogP contribution in [-0.2, 0) is 21.7 Å². The van der Waals surface area contributed by atoms with Crippen molar-refractivity contribution in [2.45, 2.75) is 51.2 Å². The highest BCUT2D eigenvalue weighted by atomic mass is 19.4. The van der Waals surface area contributed by atoms with Crippen LogP contribution in [0, 0.1) is 0 Å². The van der Waals surface area contributed by atoms with Crippen LogP contribution in [0.15, 0.2) is 48.5 Å². The zero-order valence-corrected chi connectivity index (χ0v) is 19.7. The Hall–Kier alpha value is -2.98. The van der Waals surface area contributed by atoms with Crippen LogP contribution in [0.2, 0.25) is 0 Å². The highest BCUT2D eigenvalue weighted by molar-refractivity contribution is 6.62. The molecule has 0 aliphatic carbocycles. The molecule has 36 heavy (non-hydrogen) atoms. The minimum Gasteiger partial charge on any atom is -0.399 e. The molecule has 0 N–H and O–H groups in total. The number of aromatic nitrogens is 1. The van der Waals surface area contributed by atoms with Crippen LogP contribution in [0.4, 0.5) is 26.3 Å². The number of alkyl halides is 6. The summed E-state index contributed by atoms with van der Waals surface area (Å²) in [5.41, 5.74) is -0.952. The van der Waals surface area contributed by atoms with Crippen molar-refractivity contribution in [3.63, 3.8) is 0 Å². The number of rotatable bonds is 1. The van der Waals surface area contributed by atoms with Crippen molar-refractivity contribution < 1.29 is 35.7 Å². The van der Waals surface area contributed by atoms with Gasteiger partial charge >= 0.3 is 19.5 Å². The second-order valence-corrected chi connectivity index (χ2v) is 10.3. The first-order valence-corrected chi connectivity index (χ1v) is 11.4. The van der Waals surface area contributed by atoms with Gasteiger partial charge in [-0.05, 0) is 69.6 Å². The molecule has 6 rings (SSSR count). The predicted octanol–water partition coefficient (Wildman–Crippen LogP) is 7.17. The van der Waals surface area contributed by atoms with Crippen molar-refractivity contribution in [3.8, 4) is 0 Å². The summed E-state index contributed by atoms with van der Waals surface area (Å²) in [6.45, 7) is 7.63. The lowest BCUT2D eigenvalue weighted by molar-refractivity contribution is -0.138. The molecular formula is C26H20BF6NO2. The Morgan fingerprint density at radius 1 is 0.639 bits per heavy atom. The lowest BCUT2D eigenvalue weighted by Crippen LogP contribution is -2.41. The number of hydrogen-bond acceptors (Lipinski definition) is 2. The molecule has 3 aromatic carbocycles. The van der Waals surface area contributed by atoms with E-state index in [9.17, 15) is 26.3 Å². The Kier molecular flexibility index (Phi) is 4.46. The SMILES string of the molecule is CC1(C)OB(c2ccc3c(c2)c2cc(C(F)(F)F)cc4c5cc(C(F)(F)F)ccc5n3c24)OC1(C)C. The van der Waals surface area contributed by atoms with Gasteiger partial charge in [-0.25, -0.2) is 0 Å². The number of benzene rings is 3. The van der Waals surface area contributed by atoms with Gasteiger partial charge in [-0.3, -0.25) is 0 Å². The average molecular weight is 503 g/mol. The maximum absolute atomic E-state index is 13.9. The van der Waals surface area contributed by atoms with E-state index >= 15 is 0 Å². The predicted molar refractivity (Wildman–Crippen MR) is 127 cm³/mol. The summed E-state index contributed by atoms with van der Waals surface area (Å²) >= 11 is 0. The molecule has 0 atom stereocenters. The van der Waals surface area contributed by atoms with Crippen molar-refractivity contribution >= 4 is 50.7 Å². The highest BCUT2D eigenvalue weighted by Gasteiger charge is 2.51. The Labute approximate surface area is 202 Å². The first-order valence-electron chi connectivity index (χ1n) is 11.4. The summed E-state index contributed by atoms with van der Waals surface area (Å²) in [5.74, 6) is 0. The molecule has 1 saturated heterocycles. The first-order chi connectivity index (χ1) is 16.6. The molecule has 0 saturated carbocycles. The van der Waals surface area contributed by atoms with Crippen molar-refractivity contribution in [2.75, 3.05) is 0 Å². The molecule has 0 radical (unpaired) electrons. The zero-order valence-electron chi connectivity index (χ0n) is 19.7. The maximum atomic E-state index is 13.9. The number of hydrogen-bond donors (Lipinski definition) is 0.